The van der Waals surface area contributed by atoms with Crippen LogP contribution in [-0.2, 0) is 0 Å². The first-order valence-electron chi connectivity index (χ1n) is 10.5. The maximum absolute atomic E-state index is 12.6. The molecule has 0 aliphatic rings. The van der Waals surface area contributed by atoms with E-state index in [9.17, 15) is 4.79 Å². The molecule has 30 heavy (non-hydrogen) atoms. The molecule has 0 bridgehead atoms. The molecule has 0 amide bonds. The third-order valence-electron chi connectivity index (χ3n) is 4.94. The molecule has 2 aromatic rings. The minimum Gasteiger partial charge on any atom is -0.494 e. The third kappa shape index (κ3) is 8.51. The van der Waals surface area contributed by atoms with Crippen molar-refractivity contribution >= 4 is 29.0 Å². The molecule has 0 heterocycles. The Morgan fingerprint density at radius 1 is 1.00 bits per heavy atom. The van der Waals surface area contributed by atoms with Gasteiger partial charge < -0.3 is 9.64 Å². The van der Waals surface area contributed by atoms with E-state index in [1.54, 1.807) is 42.5 Å². The molecule has 162 valence electrons. The lowest BCUT2D eigenvalue weighted by Gasteiger charge is -2.13. The normalized spacial score (nSPS) is 10.9. The van der Waals surface area contributed by atoms with E-state index in [1.165, 1.54) is 25.7 Å². The molecule has 0 saturated heterocycles. The summed E-state index contributed by atoms with van der Waals surface area (Å²) in [5, 5.41) is 0.992. The van der Waals surface area contributed by atoms with Gasteiger partial charge in [-0.15, -0.1) is 6.58 Å². The van der Waals surface area contributed by atoms with E-state index < -0.39 is 0 Å². The molecule has 0 aliphatic heterocycles. The number of benzene rings is 2. The fraction of sp³-hybridized carbons (Fsp3) is 0.400. The quantitative estimate of drug-likeness (QED) is 0.176. The van der Waals surface area contributed by atoms with Crippen molar-refractivity contribution in [2.75, 3.05) is 26.7 Å². The lowest BCUT2D eigenvalue weighted by atomic mass is 10.0. The number of ether oxygens (including phenoxy) is 1. The van der Waals surface area contributed by atoms with Crippen LogP contribution in [-0.4, -0.2) is 37.4 Å². The molecule has 0 spiro atoms. The van der Waals surface area contributed by atoms with Crippen molar-refractivity contribution in [1.82, 2.24) is 4.90 Å². The summed E-state index contributed by atoms with van der Waals surface area (Å²) in [4.78, 5) is 14.9. The number of rotatable bonds is 14. The number of nitrogens with zero attached hydrogens (tertiary/aromatic N) is 1. The summed E-state index contributed by atoms with van der Waals surface area (Å²) in [6, 6.07) is 12.0. The van der Waals surface area contributed by atoms with Gasteiger partial charge in [-0.2, -0.15) is 0 Å². The van der Waals surface area contributed by atoms with Crippen LogP contribution >= 0.6 is 23.2 Å². The minimum atomic E-state index is -0.126. The first-order valence-corrected chi connectivity index (χ1v) is 11.3. The maximum Gasteiger partial charge on any atom is 0.194 e. The van der Waals surface area contributed by atoms with Gasteiger partial charge in [-0.25, -0.2) is 0 Å². The molecular formula is C25H31Cl2NO2. The molecule has 0 aliphatic carbocycles. The zero-order valence-electron chi connectivity index (χ0n) is 17.7. The molecule has 5 heteroatoms. The van der Waals surface area contributed by atoms with E-state index in [0.29, 0.717) is 33.5 Å². The second-order valence-electron chi connectivity index (χ2n) is 7.50. The molecule has 2 aromatic carbocycles. The highest BCUT2D eigenvalue weighted by Crippen LogP contribution is 2.25. The highest BCUT2D eigenvalue weighted by molar-refractivity contribution is 6.35. The topological polar surface area (TPSA) is 29.5 Å². The first-order chi connectivity index (χ1) is 14.5. The summed E-state index contributed by atoms with van der Waals surface area (Å²) in [5.41, 5.74) is 1.02. The van der Waals surface area contributed by atoms with E-state index in [-0.39, 0.29) is 5.78 Å². The lowest BCUT2D eigenvalue weighted by Crippen LogP contribution is -2.19. The minimum absolute atomic E-state index is 0.126. The van der Waals surface area contributed by atoms with Crippen LogP contribution in [0.2, 0.25) is 10.0 Å². The van der Waals surface area contributed by atoms with Crippen LogP contribution in [0, 0.1) is 0 Å². The van der Waals surface area contributed by atoms with Crippen molar-refractivity contribution < 1.29 is 9.53 Å². The molecular weight excluding hydrogens is 417 g/mol. The molecule has 0 atom stereocenters. The van der Waals surface area contributed by atoms with Crippen molar-refractivity contribution in [3.05, 3.63) is 76.3 Å². The summed E-state index contributed by atoms with van der Waals surface area (Å²) in [6.07, 6.45) is 9.10. The Bertz CT molecular complexity index is 805. The molecule has 0 radical (unpaired) electrons. The van der Waals surface area contributed by atoms with E-state index in [1.807, 2.05) is 6.08 Å². The third-order valence-corrected chi connectivity index (χ3v) is 5.50. The van der Waals surface area contributed by atoms with Crippen LogP contribution in [0.4, 0.5) is 0 Å². The number of hydrogen-bond acceptors (Lipinski definition) is 3. The Kier molecular flexibility index (Phi) is 11.0. The van der Waals surface area contributed by atoms with E-state index in [2.05, 4.69) is 18.5 Å². The summed E-state index contributed by atoms with van der Waals surface area (Å²) in [6.45, 7) is 6.50. The van der Waals surface area contributed by atoms with Crippen molar-refractivity contribution in [1.29, 1.82) is 0 Å². The van der Waals surface area contributed by atoms with Crippen LogP contribution in [0.15, 0.2) is 55.1 Å². The number of hydrogen-bond donors (Lipinski definition) is 0. The zero-order chi connectivity index (χ0) is 21.8. The Labute approximate surface area is 190 Å². The highest BCUT2D eigenvalue weighted by atomic mass is 35.5. The van der Waals surface area contributed by atoms with Gasteiger partial charge in [0.05, 0.1) is 11.6 Å². The van der Waals surface area contributed by atoms with E-state index in [4.69, 9.17) is 27.9 Å². The van der Waals surface area contributed by atoms with Crippen LogP contribution in [0.3, 0.4) is 0 Å². The number of unbranched alkanes of at least 4 members (excludes halogenated alkanes) is 5. The summed E-state index contributed by atoms with van der Waals surface area (Å²) >= 11 is 12.2. The first kappa shape index (κ1) is 24.5. The fourth-order valence-electron chi connectivity index (χ4n) is 3.22. The second-order valence-corrected chi connectivity index (χ2v) is 8.34. The molecule has 2 rings (SSSR count). The highest BCUT2D eigenvalue weighted by Gasteiger charge is 2.13. The van der Waals surface area contributed by atoms with Crippen LogP contribution in [0.5, 0.6) is 5.75 Å². The van der Waals surface area contributed by atoms with E-state index in [0.717, 1.165) is 25.9 Å². The summed E-state index contributed by atoms with van der Waals surface area (Å²) in [7, 11) is 2.13. The van der Waals surface area contributed by atoms with Crippen LogP contribution in [0.1, 0.15) is 54.4 Å². The molecule has 0 unspecified atom stereocenters. The Balaban J connectivity index is 1.66. The molecule has 3 nitrogen and oxygen atoms in total. The molecule has 0 saturated carbocycles. The average Bonchev–Trinajstić information content (AvgIpc) is 2.73. The number of ketones is 1. The zero-order valence-corrected chi connectivity index (χ0v) is 19.2. The number of carbonyl (C=O) groups is 1. The average molecular weight is 448 g/mol. The van der Waals surface area contributed by atoms with Crippen molar-refractivity contribution in [2.24, 2.45) is 0 Å². The molecule has 0 N–H and O–H groups in total. The Hall–Kier alpha value is -1.81. The van der Waals surface area contributed by atoms with Gasteiger partial charge in [0.25, 0.3) is 0 Å². The second kappa shape index (κ2) is 13.5. The predicted octanol–water partition coefficient (Wildman–Crippen LogP) is 7.06. The lowest BCUT2D eigenvalue weighted by molar-refractivity contribution is 0.103. The number of likely N-dealkylation sites (N-methyl/N-ethyl adjacent to an activating group) is 1. The van der Waals surface area contributed by atoms with Crippen molar-refractivity contribution in [2.45, 2.75) is 38.5 Å². The smallest absolute Gasteiger partial charge is 0.194 e. The van der Waals surface area contributed by atoms with Gasteiger partial charge in [-0.1, -0.05) is 55.0 Å². The fourth-order valence-corrected chi connectivity index (χ4v) is 3.60. The molecule has 0 fully saturated rings. The number of halogens is 2. The van der Waals surface area contributed by atoms with Gasteiger partial charge in [0, 0.05) is 22.7 Å². The monoisotopic (exact) mass is 447 g/mol. The standard InChI is InChI=1S/C25H31Cl2NO2/c1-3-16-28(2)17-8-6-4-5-7-9-18-30-22-14-15-23(24(27)19-22)25(29)20-10-12-21(26)13-11-20/h3,10-15,19H,1,4-9,16-18H2,2H3. The van der Waals surface area contributed by atoms with Crippen LogP contribution < -0.4 is 4.74 Å². The summed E-state index contributed by atoms with van der Waals surface area (Å²) in [5.74, 6) is 0.566. The van der Waals surface area contributed by atoms with E-state index >= 15 is 0 Å². The predicted molar refractivity (Wildman–Crippen MR) is 127 cm³/mol. The summed E-state index contributed by atoms with van der Waals surface area (Å²) < 4.78 is 5.80. The van der Waals surface area contributed by atoms with Gasteiger partial charge >= 0.3 is 0 Å². The number of carbonyl (C=O) groups excluding carboxylic acids is 1. The van der Waals surface area contributed by atoms with Gasteiger partial charge in [-0.3, -0.25) is 4.79 Å². The molecule has 0 aromatic heterocycles. The van der Waals surface area contributed by atoms with Crippen molar-refractivity contribution in [3.8, 4) is 5.75 Å². The van der Waals surface area contributed by atoms with Gasteiger partial charge in [0.2, 0.25) is 0 Å². The van der Waals surface area contributed by atoms with Gasteiger partial charge in [0.1, 0.15) is 5.75 Å². The van der Waals surface area contributed by atoms with Crippen LogP contribution in [0.25, 0.3) is 0 Å². The van der Waals surface area contributed by atoms with Crippen molar-refractivity contribution in [3.63, 3.8) is 0 Å². The van der Waals surface area contributed by atoms with Gasteiger partial charge in [-0.05, 0) is 68.9 Å². The maximum atomic E-state index is 12.6. The Morgan fingerprint density at radius 3 is 2.33 bits per heavy atom. The van der Waals surface area contributed by atoms with Gasteiger partial charge in [0.15, 0.2) is 5.78 Å². The Morgan fingerprint density at radius 2 is 1.67 bits per heavy atom. The largest absolute Gasteiger partial charge is 0.494 e. The SMILES string of the molecule is C=CCN(C)CCCCCCCCOc1ccc(C(=O)c2ccc(Cl)cc2)c(Cl)c1.